The van der Waals surface area contributed by atoms with E-state index in [0.717, 1.165) is 0 Å². The van der Waals surface area contributed by atoms with Crippen molar-refractivity contribution >= 4 is 11.6 Å². The molecule has 0 aliphatic rings. The molecule has 0 fully saturated rings. The molecule has 4 heteroatoms. The van der Waals surface area contributed by atoms with Crippen LogP contribution in [-0.4, -0.2) is 34.5 Å². The van der Waals surface area contributed by atoms with Crippen molar-refractivity contribution in [1.82, 2.24) is 0 Å². The number of hydrogen-bond acceptors (Lipinski definition) is 4. The van der Waals surface area contributed by atoms with E-state index in [2.05, 4.69) is 0 Å². The van der Waals surface area contributed by atoms with Gasteiger partial charge in [0.25, 0.3) is 0 Å². The molecular formula is C8H14O4. The SMILES string of the molecule is CC(=O)CC(=O)C(O)CCCO. The van der Waals surface area contributed by atoms with Crippen LogP contribution in [0.2, 0.25) is 0 Å². The van der Waals surface area contributed by atoms with Crippen LogP contribution in [0, 0.1) is 0 Å². The lowest BCUT2D eigenvalue weighted by atomic mass is 10.1. The van der Waals surface area contributed by atoms with E-state index in [-0.39, 0.29) is 25.2 Å². The van der Waals surface area contributed by atoms with Gasteiger partial charge in [0.1, 0.15) is 11.9 Å². The first kappa shape index (κ1) is 11.3. The van der Waals surface area contributed by atoms with Crippen LogP contribution in [-0.2, 0) is 9.59 Å². The number of aliphatic hydroxyl groups excluding tert-OH is 2. The Balaban J connectivity index is 3.69. The summed E-state index contributed by atoms with van der Waals surface area (Å²) >= 11 is 0. The zero-order valence-corrected chi connectivity index (χ0v) is 7.12. The second kappa shape index (κ2) is 5.85. The lowest BCUT2D eigenvalue weighted by molar-refractivity contribution is -0.131. The summed E-state index contributed by atoms with van der Waals surface area (Å²) in [5.74, 6) is -0.709. The molecule has 12 heavy (non-hydrogen) atoms. The second-order valence-electron chi connectivity index (χ2n) is 2.73. The summed E-state index contributed by atoms with van der Waals surface area (Å²) < 4.78 is 0. The highest BCUT2D eigenvalue weighted by Gasteiger charge is 2.15. The average Bonchev–Trinajstić information content (AvgIpc) is 1.98. The summed E-state index contributed by atoms with van der Waals surface area (Å²) in [6.07, 6.45) is -0.707. The molecule has 0 rings (SSSR count). The van der Waals surface area contributed by atoms with Crippen LogP contribution in [0.4, 0.5) is 0 Å². The molecular weight excluding hydrogens is 160 g/mol. The van der Waals surface area contributed by atoms with Crippen LogP contribution in [0.1, 0.15) is 26.2 Å². The lowest BCUT2D eigenvalue weighted by Gasteiger charge is -2.06. The molecule has 0 saturated heterocycles. The zero-order chi connectivity index (χ0) is 9.56. The first-order valence-electron chi connectivity index (χ1n) is 3.89. The predicted octanol–water partition coefficient (Wildman–Crippen LogP) is -0.332. The number of rotatable bonds is 6. The Bertz CT molecular complexity index is 164. The molecule has 0 spiro atoms. The maximum absolute atomic E-state index is 10.9. The Hall–Kier alpha value is -0.740. The fourth-order valence-corrected chi connectivity index (χ4v) is 0.809. The number of ketones is 2. The van der Waals surface area contributed by atoms with Crippen molar-refractivity contribution in [1.29, 1.82) is 0 Å². The first-order valence-corrected chi connectivity index (χ1v) is 3.89. The highest BCUT2D eigenvalue weighted by atomic mass is 16.3. The van der Waals surface area contributed by atoms with Gasteiger partial charge in [-0.15, -0.1) is 0 Å². The number of aliphatic hydroxyl groups is 2. The van der Waals surface area contributed by atoms with Gasteiger partial charge in [-0.2, -0.15) is 0 Å². The quantitative estimate of drug-likeness (QED) is 0.540. The number of hydrogen-bond donors (Lipinski definition) is 2. The van der Waals surface area contributed by atoms with Crippen LogP contribution >= 0.6 is 0 Å². The molecule has 70 valence electrons. The van der Waals surface area contributed by atoms with E-state index in [0.29, 0.717) is 6.42 Å². The fourth-order valence-electron chi connectivity index (χ4n) is 0.809. The normalized spacial score (nSPS) is 12.6. The van der Waals surface area contributed by atoms with Crippen LogP contribution in [0.15, 0.2) is 0 Å². The molecule has 0 radical (unpaired) electrons. The maximum atomic E-state index is 10.9. The van der Waals surface area contributed by atoms with Crippen LogP contribution in [0.5, 0.6) is 0 Å². The third-order valence-electron chi connectivity index (χ3n) is 1.43. The van der Waals surface area contributed by atoms with Crippen molar-refractivity contribution in [2.24, 2.45) is 0 Å². The van der Waals surface area contributed by atoms with E-state index < -0.39 is 11.9 Å². The minimum absolute atomic E-state index is 0.0512. The number of carbonyl (C=O) groups excluding carboxylic acids is 2. The number of Topliss-reactive ketones (excluding diaryl/α,β-unsaturated/α-hetero) is 2. The summed E-state index contributed by atoms with van der Waals surface area (Å²) in [6.45, 7) is 1.25. The lowest BCUT2D eigenvalue weighted by Crippen LogP contribution is -2.22. The van der Waals surface area contributed by atoms with Crippen LogP contribution < -0.4 is 0 Å². The van der Waals surface area contributed by atoms with Crippen molar-refractivity contribution < 1.29 is 19.8 Å². The zero-order valence-electron chi connectivity index (χ0n) is 7.12. The maximum Gasteiger partial charge on any atom is 0.168 e. The Labute approximate surface area is 71.2 Å². The van der Waals surface area contributed by atoms with E-state index in [4.69, 9.17) is 10.2 Å². The average molecular weight is 174 g/mol. The molecule has 0 aromatic carbocycles. The van der Waals surface area contributed by atoms with Crippen molar-refractivity contribution in [2.45, 2.75) is 32.3 Å². The summed E-state index contributed by atoms with van der Waals surface area (Å²) in [4.78, 5) is 21.4. The molecule has 0 aromatic rings. The largest absolute Gasteiger partial charge is 0.396 e. The molecule has 1 atom stereocenters. The van der Waals surface area contributed by atoms with E-state index in [9.17, 15) is 9.59 Å². The second-order valence-corrected chi connectivity index (χ2v) is 2.73. The van der Waals surface area contributed by atoms with Gasteiger partial charge in [0.2, 0.25) is 0 Å². The smallest absolute Gasteiger partial charge is 0.168 e. The van der Waals surface area contributed by atoms with Gasteiger partial charge >= 0.3 is 0 Å². The van der Waals surface area contributed by atoms with Gasteiger partial charge < -0.3 is 10.2 Å². The van der Waals surface area contributed by atoms with Crippen molar-refractivity contribution in [3.8, 4) is 0 Å². The molecule has 1 unspecified atom stereocenters. The van der Waals surface area contributed by atoms with Gasteiger partial charge in [0, 0.05) is 6.61 Å². The minimum Gasteiger partial charge on any atom is -0.396 e. The fraction of sp³-hybridized carbons (Fsp3) is 0.750. The standard InChI is InChI=1S/C8H14O4/c1-6(10)5-8(12)7(11)3-2-4-9/h7,9,11H,2-5H2,1H3. The van der Waals surface area contributed by atoms with E-state index in [1.165, 1.54) is 6.92 Å². The highest BCUT2D eigenvalue weighted by Crippen LogP contribution is 2.00. The minimum atomic E-state index is -1.10. The first-order chi connectivity index (χ1) is 5.57. The van der Waals surface area contributed by atoms with Crippen molar-refractivity contribution in [3.05, 3.63) is 0 Å². The van der Waals surface area contributed by atoms with Gasteiger partial charge in [0.05, 0.1) is 6.42 Å². The van der Waals surface area contributed by atoms with E-state index in [1.807, 2.05) is 0 Å². The molecule has 0 aliphatic carbocycles. The van der Waals surface area contributed by atoms with E-state index in [1.54, 1.807) is 0 Å². The molecule has 4 nitrogen and oxygen atoms in total. The Morgan fingerprint density at radius 3 is 2.42 bits per heavy atom. The van der Waals surface area contributed by atoms with Crippen LogP contribution in [0.3, 0.4) is 0 Å². The van der Waals surface area contributed by atoms with Gasteiger partial charge in [-0.1, -0.05) is 0 Å². The summed E-state index contributed by atoms with van der Waals surface area (Å²) in [6, 6.07) is 0. The Morgan fingerprint density at radius 1 is 1.42 bits per heavy atom. The number of carbonyl (C=O) groups is 2. The summed E-state index contributed by atoms with van der Waals surface area (Å²) in [7, 11) is 0. The molecule has 0 amide bonds. The van der Waals surface area contributed by atoms with Crippen LogP contribution in [0.25, 0.3) is 0 Å². The van der Waals surface area contributed by atoms with Gasteiger partial charge in [-0.3, -0.25) is 9.59 Å². The third-order valence-corrected chi connectivity index (χ3v) is 1.43. The monoisotopic (exact) mass is 174 g/mol. The molecule has 2 N–H and O–H groups in total. The molecule has 0 aliphatic heterocycles. The van der Waals surface area contributed by atoms with Gasteiger partial charge in [-0.25, -0.2) is 0 Å². The summed E-state index contributed by atoms with van der Waals surface area (Å²) in [5, 5.41) is 17.5. The Kier molecular flexibility index (Phi) is 5.49. The molecule has 0 aromatic heterocycles. The predicted molar refractivity (Wildman–Crippen MR) is 42.6 cm³/mol. The highest BCUT2D eigenvalue weighted by molar-refractivity contribution is 5.99. The van der Waals surface area contributed by atoms with Gasteiger partial charge in [-0.05, 0) is 19.8 Å². The van der Waals surface area contributed by atoms with Crippen molar-refractivity contribution in [3.63, 3.8) is 0 Å². The Morgan fingerprint density at radius 2 is 2.00 bits per heavy atom. The molecule has 0 heterocycles. The molecule has 0 bridgehead atoms. The molecule has 0 saturated carbocycles. The van der Waals surface area contributed by atoms with Gasteiger partial charge in [0.15, 0.2) is 5.78 Å². The summed E-state index contributed by atoms with van der Waals surface area (Å²) in [5.41, 5.74) is 0. The van der Waals surface area contributed by atoms with Crippen molar-refractivity contribution in [2.75, 3.05) is 6.61 Å². The topological polar surface area (TPSA) is 74.6 Å². The third kappa shape index (κ3) is 4.98. The van der Waals surface area contributed by atoms with E-state index >= 15 is 0 Å².